The Labute approximate surface area is 201 Å². The first-order valence-electron chi connectivity index (χ1n) is 11.4. The summed E-state index contributed by atoms with van der Waals surface area (Å²) in [7, 11) is 5.24. The number of amides is 2. The molecule has 4 rings (SSSR count). The summed E-state index contributed by atoms with van der Waals surface area (Å²) < 4.78 is 64.1. The molecule has 6 nitrogen and oxygen atoms in total. The topological polar surface area (TPSA) is 62.8 Å². The number of alkyl halides is 3. The molecule has 1 heterocycles. The lowest BCUT2D eigenvalue weighted by Crippen LogP contribution is -2.52. The summed E-state index contributed by atoms with van der Waals surface area (Å²) in [4.78, 5) is 14.8. The van der Waals surface area contributed by atoms with E-state index in [0.29, 0.717) is 30.4 Å². The molecule has 10 heteroatoms. The van der Waals surface area contributed by atoms with E-state index < -0.39 is 29.3 Å². The molecule has 1 aliphatic carbocycles. The summed E-state index contributed by atoms with van der Waals surface area (Å²) in [5.74, 6) is -0.179. The third-order valence-corrected chi connectivity index (χ3v) is 7.37. The van der Waals surface area contributed by atoms with Crippen LogP contribution in [0.15, 0.2) is 36.4 Å². The lowest BCUT2D eigenvalue weighted by atomic mass is 9.65. The number of carbonyl (C=O) groups excluding carboxylic acids is 1. The molecule has 190 valence electrons. The van der Waals surface area contributed by atoms with Gasteiger partial charge < -0.3 is 25.0 Å². The van der Waals surface area contributed by atoms with Crippen LogP contribution in [0, 0.1) is 5.82 Å². The van der Waals surface area contributed by atoms with Crippen molar-refractivity contribution >= 4 is 11.7 Å². The molecule has 3 atom stereocenters. The standard InChI is InChI=1S/C25H29F4N3O3/c1-32-12-11-24(15-7-8-19(34-2)20(13-15)35-3)10-9-16(14-21(24)32)30-23(33)31-18-6-4-5-17(22(18)26)25(27,28)29/h4-8,13,16,21H,9-12,14H2,1-3H3,(H2,30,31,33)/t16-,21+,24+/m1/s1. The third kappa shape index (κ3) is 4.76. The monoisotopic (exact) mass is 495 g/mol. The third-order valence-electron chi connectivity index (χ3n) is 7.37. The number of methoxy groups -OCH3 is 2. The molecule has 0 aromatic heterocycles. The number of nitrogens with zero attached hydrogens (tertiary/aromatic N) is 1. The number of carbonyl (C=O) groups is 1. The first kappa shape index (κ1) is 25.1. The Morgan fingerprint density at radius 3 is 2.54 bits per heavy atom. The van der Waals surface area contributed by atoms with Gasteiger partial charge in [0.15, 0.2) is 17.3 Å². The first-order chi connectivity index (χ1) is 16.6. The molecule has 0 radical (unpaired) electrons. The number of hydrogen-bond donors (Lipinski definition) is 2. The second-order valence-electron chi connectivity index (χ2n) is 9.21. The summed E-state index contributed by atoms with van der Waals surface area (Å²) in [6.45, 7) is 0.896. The fourth-order valence-electron chi connectivity index (χ4n) is 5.59. The van der Waals surface area contributed by atoms with Gasteiger partial charge in [0.1, 0.15) is 0 Å². The van der Waals surface area contributed by atoms with Crippen LogP contribution in [0.25, 0.3) is 0 Å². The maximum Gasteiger partial charge on any atom is 0.419 e. The summed E-state index contributed by atoms with van der Waals surface area (Å²) in [6.07, 6.45) is -1.75. The van der Waals surface area contributed by atoms with Gasteiger partial charge in [0.25, 0.3) is 0 Å². The second-order valence-corrected chi connectivity index (χ2v) is 9.21. The molecule has 0 spiro atoms. The zero-order valence-electron chi connectivity index (χ0n) is 19.8. The number of anilines is 1. The van der Waals surface area contributed by atoms with Crippen LogP contribution in [0.3, 0.4) is 0 Å². The molecule has 2 fully saturated rings. The van der Waals surface area contributed by atoms with Crippen LogP contribution in [0.2, 0.25) is 0 Å². The highest BCUT2D eigenvalue weighted by molar-refractivity contribution is 5.89. The molecule has 0 bridgehead atoms. The van der Waals surface area contributed by atoms with Crippen molar-refractivity contribution in [3.05, 3.63) is 53.3 Å². The van der Waals surface area contributed by atoms with E-state index in [1.807, 2.05) is 19.2 Å². The van der Waals surface area contributed by atoms with Crippen molar-refractivity contribution in [3.8, 4) is 11.5 Å². The van der Waals surface area contributed by atoms with Gasteiger partial charge in [-0.25, -0.2) is 9.18 Å². The van der Waals surface area contributed by atoms with Gasteiger partial charge in [0.05, 0.1) is 25.5 Å². The number of benzene rings is 2. The zero-order valence-corrected chi connectivity index (χ0v) is 19.8. The summed E-state index contributed by atoms with van der Waals surface area (Å²) in [6, 6.07) is 8.00. The van der Waals surface area contributed by atoms with E-state index in [-0.39, 0.29) is 17.5 Å². The van der Waals surface area contributed by atoms with Gasteiger partial charge in [-0.15, -0.1) is 0 Å². The lowest BCUT2D eigenvalue weighted by Gasteiger charge is -2.45. The van der Waals surface area contributed by atoms with Gasteiger partial charge in [0.2, 0.25) is 0 Å². The Bertz CT molecular complexity index is 1090. The summed E-state index contributed by atoms with van der Waals surface area (Å²) >= 11 is 0. The van der Waals surface area contributed by atoms with E-state index in [1.165, 1.54) is 0 Å². The smallest absolute Gasteiger partial charge is 0.419 e. The van der Waals surface area contributed by atoms with E-state index in [2.05, 4.69) is 21.6 Å². The predicted molar refractivity (Wildman–Crippen MR) is 123 cm³/mol. The molecule has 2 amide bonds. The Kier molecular flexibility index (Phi) is 6.86. The number of rotatable bonds is 5. The van der Waals surface area contributed by atoms with Crippen molar-refractivity contribution in [2.24, 2.45) is 0 Å². The van der Waals surface area contributed by atoms with Gasteiger partial charge in [-0.2, -0.15) is 13.2 Å². The van der Waals surface area contributed by atoms with E-state index in [4.69, 9.17) is 9.47 Å². The first-order valence-corrected chi connectivity index (χ1v) is 11.4. The minimum atomic E-state index is -4.85. The largest absolute Gasteiger partial charge is 0.493 e. The highest BCUT2D eigenvalue weighted by atomic mass is 19.4. The van der Waals surface area contributed by atoms with Crippen LogP contribution in [0.1, 0.15) is 36.8 Å². The van der Waals surface area contributed by atoms with Crippen molar-refractivity contribution in [1.29, 1.82) is 0 Å². The number of fused-ring (bicyclic) bond motifs is 1. The highest BCUT2D eigenvalue weighted by Crippen LogP contribution is 2.50. The molecule has 1 aliphatic heterocycles. The molecular weight excluding hydrogens is 466 g/mol. The lowest BCUT2D eigenvalue weighted by molar-refractivity contribution is -0.139. The SMILES string of the molecule is COc1ccc([C@@]23CC[C@@H](NC(=O)Nc4cccc(C(F)(F)F)c4F)C[C@@H]2N(C)CC3)cc1OC. The molecule has 2 aromatic rings. The quantitative estimate of drug-likeness (QED) is 0.562. The molecule has 2 N–H and O–H groups in total. The Hall–Kier alpha value is -3.01. The van der Waals surface area contributed by atoms with Gasteiger partial charge >= 0.3 is 12.2 Å². The van der Waals surface area contributed by atoms with Crippen molar-refractivity contribution in [2.75, 3.05) is 33.1 Å². The summed E-state index contributed by atoms with van der Waals surface area (Å²) in [5, 5.41) is 5.07. The minimum Gasteiger partial charge on any atom is -0.493 e. The molecule has 0 unspecified atom stereocenters. The summed E-state index contributed by atoms with van der Waals surface area (Å²) in [5.41, 5.74) is -0.889. The maximum atomic E-state index is 14.3. The van der Waals surface area contributed by atoms with Crippen LogP contribution in [0.4, 0.5) is 28.0 Å². The second kappa shape index (κ2) is 9.56. The van der Waals surface area contributed by atoms with E-state index >= 15 is 0 Å². The minimum absolute atomic E-state index is 0.115. The van der Waals surface area contributed by atoms with Crippen molar-refractivity contribution < 1.29 is 31.8 Å². The average Bonchev–Trinajstić information content (AvgIpc) is 3.16. The van der Waals surface area contributed by atoms with Crippen molar-refractivity contribution in [1.82, 2.24) is 10.2 Å². The van der Waals surface area contributed by atoms with Gasteiger partial charge in [-0.05, 0) is 69.1 Å². The Morgan fingerprint density at radius 1 is 1.11 bits per heavy atom. The number of likely N-dealkylation sites (tertiary alicyclic amines) is 1. The van der Waals surface area contributed by atoms with Crippen molar-refractivity contribution in [3.63, 3.8) is 0 Å². The number of ether oxygens (including phenoxy) is 2. The van der Waals surface area contributed by atoms with Gasteiger partial charge in [-0.3, -0.25) is 0 Å². The van der Waals surface area contributed by atoms with E-state index in [0.717, 1.165) is 37.1 Å². The zero-order chi connectivity index (χ0) is 25.4. The number of nitrogens with one attached hydrogen (secondary N) is 2. The molecular formula is C25H29F4N3O3. The fourth-order valence-corrected chi connectivity index (χ4v) is 5.59. The van der Waals surface area contributed by atoms with Crippen molar-refractivity contribution in [2.45, 2.75) is 49.4 Å². The number of hydrogen-bond acceptors (Lipinski definition) is 4. The van der Waals surface area contributed by atoms with Crippen LogP contribution < -0.4 is 20.1 Å². The van der Waals surface area contributed by atoms with E-state index in [1.54, 1.807) is 14.2 Å². The highest BCUT2D eigenvalue weighted by Gasteiger charge is 2.50. The van der Waals surface area contributed by atoms with Crippen LogP contribution in [-0.2, 0) is 11.6 Å². The van der Waals surface area contributed by atoms with E-state index in [9.17, 15) is 22.4 Å². The fraction of sp³-hybridized carbons (Fsp3) is 0.480. The Balaban J connectivity index is 1.48. The predicted octanol–water partition coefficient (Wildman–Crippen LogP) is 5.18. The number of urea groups is 1. The average molecular weight is 496 g/mol. The van der Waals surface area contributed by atoms with Crippen LogP contribution >= 0.6 is 0 Å². The maximum absolute atomic E-state index is 14.3. The normalized spacial score (nSPS) is 24.5. The molecule has 2 aliphatic rings. The van der Waals surface area contributed by atoms with Gasteiger partial charge in [-0.1, -0.05) is 12.1 Å². The van der Waals surface area contributed by atoms with Gasteiger partial charge in [0, 0.05) is 17.5 Å². The Morgan fingerprint density at radius 2 is 1.86 bits per heavy atom. The number of likely N-dealkylation sites (N-methyl/N-ethyl adjacent to an activating group) is 1. The molecule has 1 saturated carbocycles. The van der Waals surface area contributed by atoms with Crippen LogP contribution in [-0.4, -0.2) is 50.8 Å². The number of halogens is 4. The molecule has 1 saturated heterocycles. The molecule has 35 heavy (non-hydrogen) atoms. The molecule has 2 aromatic carbocycles. The van der Waals surface area contributed by atoms with Crippen LogP contribution in [0.5, 0.6) is 11.5 Å².